The van der Waals surface area contributed by atoms with Crippen molar-refractivity contribution in [3.05, 3.63) is 23.9 Å². The molecule has 4 nitrogen and oxygen atoms in total. The van der Waals surface area contributed by atoms with Gasteiger partial charge in [0.15, 0.2) is 0 Å². The maximum atomic E-state index is 11.6. The lowest BCUT2D eigenvalue weighted by Gasteiger charge is -2.14. The highest BCUT2D eigenvalue weighted by Crippen LogP contribution is 2.34. The van der Waals surface area contributed by atoms with Crippen molar-refractivity contribution in [1.82, 2.24) is 4.98 Å². The highest BCUT2D eigenvalue weighted by atomic mass is 16.2. The maximum absolute atomic E-state index is 11.6. The molecule has 1 aliphatic rings. The van der Waals surface area contributed by atoms with E-state index in [4.69, 9.17) is 5.73 Å². The number of nitrogens with two attached hydrogens (primary N) is 1. The molecule has 1 amide bonds. The number of amides is 1. The highest BCUT2D eigenvalue weighted by Gasteiger charge is 2.34. The van der Waals surface area contributed by atoms with Crippen molar-refractivity contribution >= 4 is 11.7 Å². The number of hydrogen-bond acceptors (Lipinski definition) is 3. The Bertz CT molecular complexity index is 364. The van der Waals surface area contributed by atoms with Gasteiger partial charge in [-0.15, -0.1) is 0 Å². The predicted molar refractivity (Wildman–Crippen MR) is 53.8 cm³/mol. The quantitative estimate of drug-likeness (QED) is 0.723. The second kappa shape index (κ2) is 3.38. The summed E-state index contributed by atoms with van der Waals surface area (Å²) < 4.78 is 0. The van der Waals surface area contributed by atoms with E-state index in [9.17, 15) is 4.79 Å². The lowest BCUT2D eigenvalue weighted by Crippen LogP contribution is -2.24. The maximum Gasteiger partial charge on any atom is 0.233 e. The van der Waals surface area contributed by atoms with Crippen molar-refractivity contribution in [2.45, 2.75) is 12.8 Å². The first-order valence-electron chi connectivity index (χ1n) is 4.70. The molecule has 0 aromatic carbocycles. The van der Waals surface area contributed by atoms with Gasteiger partial charge in [-0.05, 0) is 18.5 Å². The molecule has 3 N–H and O–H groups in total. The van der Waals surface area contributed by atoms with Gasteiger partial charge >= 0.3 is 0 Å². The van der Waals surface area contributed by atoms with Crippen LogP contribution in [0.5, 0.6) is 0 Å². The standard InChI is InChI=1S/C10H13N3O/c1-6(5-11)8-7-3-2-4-12-9(7)13-10(8)14/h2-4,6,8H,5,11H2,1H3,(H,12,13,14). The molecule has 74 valence electrons. The molecule has 4 heteroatoms. The number of pyridine rings is 1. The summed E-state index contributed by atoms with van der Waals surface area (Å²) in [5.41, 5.74) is 6.54. The van der Waals surface area contributed by atoms with Gasteiger partial charge in [0.25, 0.3) is 0 Å². The van der Waals surface area contributed by atoms with Crippen molar-refractivity contribution in [3.63, 3.8) is 0 Å². The Morgan fingerprint density at radius 1 is 1.71 bits per heavy atom. The molecule has 2 rings (SSSR count). The van der Waals surface area contributed by atoms with Gasteiger partial charge in [0.1, 0.15) is 5.82 Å². The Morgan fingerprint density at radius 2 is 2.50 bits per heavy atom. The topological polar surface area (TPSA) is 68.0 Å². The normalized spacial score (nSPS) is 21.6. The number of carbonyl (C=O) groups excluding carboxylic acids is 1. The fraction of sp³-hybridized carbons (Fsp3) is 0.400. The fourth-order valence-corrected chi connectivity index (χ4v) is 1.81. The number of nitrogens with one attached hydrogen (secondary N) is 1. The molecule has 2 heterocycles. The molecule has 2 atom stereocenters. The van der Waals surface area contributed by atoms with Crippen molar-refractivity contribution in [1.29, 1.82) is 0 Å². The zero-order valence-electron chi connectivity index (χ0n) is 8.03. The molecule has 1 aliphatic heterocycles. The Kier molecular flexibility index (Phi) is 2.21. The largest absolute Gasteiger partial charge is 0.330 e. The summed E-state index contributed by atoms with van der Waals surface area (Å²) in [5, 5.41) is 2.76. The van der Waals surface area contributed by atoms with Crippen LogP contribution in [0.2, 0.25) is 0 Å². The summed E-state index contributed by atoms with van der Waals surface area (Å²) in [4.78, 5) is 15.7. The Balaban J connectivity index is 2.39. The van der Waals surface area contributed by atoms with E-state index in [0.717, 1.165) is 5.56 Å². The minimum atomic E-state index is -0.135. The smallest absolute Gasteiger partial charge is 0.233 e. The molecule has 0 saturated carbocycles. The first-order valence-corrected chi connectivity index (χ1v) is 4.70. The number of anilines is 1. The van der Waals surface area contributed by atoms with Gasteiger partial charge in [-0.3, -0.25) is 4.79 Å². The summed E-state index contributed by atoms with van der Waals surface area (Å²) in [5.74, 6) is 0.712. The van der Waals surface area contributed by atoms with E-state index in [1.54, 1.807) is 6.20 Å². The average Bonchev–Trinajstić information content (AvgIpc) is 2.53. The number of hydrogen-bond donors (Lipinski definition) is 2. The zero-order valence-corrected chi connectivity index (χ0v) is 8.03. The van der Waals surface area contributed by atoms with Crippen LogP contribution >= 0.6 is 0 Å². The third-order valence-electron chi connectivity index (χ3n) is 2.64. The van der Waals surface area contributed by atoms with E-state index in [1.165, 1.54) is 0 Å². The molecule has 14 heavy (non-hydrogen) atoms. The minimum absolute atomic E-state index is 0.0108. The van der Waals surface area contributed by atoms with Crippen molar-refractivity contribution in [3.8, 4) is 0 Å². The average molecular weight is 191 g/mol. The summed E-state index contributed by atoms with van der Waals surface area (Å²) in [7, 11) is 0. The van der Waals surface area contributed by atoms with Gasteiger partial charge in [0, 0.05) is 11.8 Å². The number of rotatable bonds is 2. The minimum Gasteiger partial charge on any atom is -0.330 e. The number of nitrogens with zero attached hydrogens (tertiary/aromatic N) is 1. The van der Waals surface area contributed by atoms with Gasteiger partial charge in [0.05, 0.1) is 5.92 Å². The Hall–Kier alpha value is -1.42. The molecule has 1 aromatic heterocycles. The van der Waals surface area contributed by atoms with Crippen LogP contribution in [0.15, 0.2) is 18.3 Å². The zero-order chi connectivity index (χ0) is 10.1. The second-order valence-electron chi connectivity index (χ2n) is 3.62. The van der Waals surface area contributed by atoms with Crippen molar-refractivity contribution in [2.24, 2.45) is 11.7 Å². The van der Waals surface area contributed by atoms with Crippen LogP contribution in [0.4, 0.5) is 5.82 Å². The van der Waals surface area contributed by atoms with Gasteiger partial charge in [-0.2, -0.15) is 0 Å². The SMILES string of the molecule is CC(CN)C1C(=O)Nc2ncccc21. The van der Waals surface area contributed by atoms with E-state index in [-0.39, 0.29) is 17.7 Å². The van der Waals surface area contributed by atoms with E-state index in [1.807, 2.05) is 19.1 Å². The van der Waals surface area contributed by atoms with E-state index >= 15 is 0 Å². The monoisotopic (exact) mass is 191 g/mol. The van der Waals surface area contributed by atoms with E-state index in [2.05, 4.69) is 10.3 Å². The molecule has 0 aliphatic carbocycles. The van der Waals surface area contributed by atoms with Gasteiger partial charge < -0.3 is 11.1 Å². The lowest BCUT2D eigenvalue weighted by molar-refractivity contribution is -0.117. The molecule has 0 saturated heterocycles. The van der Waals surface area contributed by atoms with E-state index in [0.29, 0.717) is 12.4 Å². The first kappa shape index (κ1) is 9.15. The summed E-state index contributed by atoms with van der Waals surface area (Å²) in [6.45, 7) is 2.48. The fourth-order valence-electron chi connectivity index (χ4n) is 1.81. The number of fused-ring (bicyclic) bond motifs is 1. The van der Waals surface area contributed by atoms with Crippen molar-refractivity contribution < 1.29 is 4.79 Å². The summed E-state index contributed by atoms with van der Waals surface area (Å²) in [6, 6.07) is 3.77. The molecule has 1 aromatic rings. The molecule has 0 spiro atoms. The molecule has 2 unspecified atom stereocenters. The van der Waals surface area contributed by atoms with Crippen LogP contribution in [0.1, 0.15) is 18.4 Å². The molecule has 0 fully saturated rings. The van der Waals surface area contributed by atoms with Gasteiger partial charge in [-0.25, -0.2) is 4.98 Å². The molecule has 0 bridgehead atoms. The Morgan fingerprint density at radius 3 is 3.21 bits per heavy atom. The third-order valence-corrected chi connectivity index (χ3v) is 2.64. The van der Waals surface area contributed by atoms with Crippen LogP contribution in [-0.2, 0) is 4.79 Å². The highest BCUT2D eigenvalue weighted by molar-refractivity contribution is 6.01. The molecule has 0 radical (unpaired) electrons. The second-order valence-corrected chi connectivity index (χ2v) is 3.62. The summed E-state index contributed by atoms with van der Waals surface area (Å²) >= 11 is 0. The number of carbonyl (C=O) groups is 1. The third kappa shape index (κ3) is 1.28. The first-order chi connectivity index (χ1) is 6.74. The van der Waals surface area contributed by atoms with Gasteiger partial charge in [0.2, 0.25) is 5.91 Å². The lowest BCUT2D eigenvalue weighted by atomic mass is 9.89. The predicted octanol–water partition coefficient (Wildman–Crippen LogP) is 0.712. The van der Waals surface area contributed by atoms with Crippen LogP contribution in [0, 0.1) is 5.92 Å². The van der Waals surface area contributed by atoms with Crippen LogP contribution in [0.3, 0.4) is 0 Å². The van der Waals surface area contributed by atoms with Gasteiger partial charge in [-0.1, -0.05) is 13.0 Å². The van der Waals surface area contributed by atoms with Crippen LogP contribution in [0.25, 0.3) is 0 Å². The summed E-state index contributed by atoms with van der Waals surface area (Å²) in [6.07, 6.45) is 1.68. The van der Waals surface area contributed by atoms with E-state index < -0.39 is 0 Å². The molecular weight excluding hydrogens is 178 g/mol. The number of aromatic nitrogens is 1. The van der Waals surface area contributed by atoms with Crippen LogP contribution < -0.4 is 11.1 Å². The van der Waals surface area contributed by atoms with Crippen LogP contribution in [-0.4, -0.2) is 17.4 Å². The van der Waals surface area contributed by atoms with Crippen molar-refractivity contribution in [2.75, 3.05) is 11.9 Å². The Labute approximate surface area is 82.5 Å². The molecular formula is C10H13N3O.